The molecule has 0 saturated heterocycles. The highest BCUT2D eigenvalue weighted by Crippen LogP contribution is 2.25. The molecule has 0 aliphatic carbocycles. The Kier molecular flexibility index (Phi) is 2.53. The fraction of sp³-hybridized carbons (Fsp3) is 0.100. The van der Waals surface area contributed by atoms with Crippen molar-refractivity contribution in [1.82, 2.24) is 4.98 Å². The van der Waals surface area contributed by atoms with E-state index in [9.17, 15) is 4.79 Å². The zero-order valence-electron chi connectivity index (χ0n) is 7.40. The minimum Gasteiger partial charge on any atom is -0.352 e. The molecular weight excluding hydrogens is 312 g/mol. The molecule has 0 aliphatic rings. The molecule has 1 aromatic carbocycles. The first kappa shape index (κ1) is 9.98. The maximum Gasteiger partial charge on any atom is 0.175 e. The van der Waals surface area contributed by atoms with Crippen LogP contribution >= 0.6 is 34.2 Å². The molecule has 2 rings (SSSR count). The van der Waals surface area contributed by atoms with Gasteiger partial charge in [0.1, 0.15) is 0 Å². The van der Waals surface area contributed by atoms with E-state index in [0.717, 1.165) is 14.5 Å². The van der Waals surface area contributed by atoms with Crippen molar-refractivity contribution in [3.05, 3.63) is 32.5 Å². The van der Waals surface area contributed by atoms with Gasteiger partial charge in [-0.2, -0.15) is 0 Å². The van der Waals surface area contributed by atoms with E-state index < -0.39 is 0 Å². The summed E-state index contributed by atoms with van der Waals surface area (Å²) < 4.78 is 0.980. The summed E-state index contributed by atoms with van der Waals surface area (Å²) in [5.41, 5.74) is 1.57. The van der Waals surface area contributed by atoms with E-state index in [0.29, 0.717) is 10.7 Å². The van der Waals surface area contributed by atoms with Crippen molar-refractivity contribution in [2.75, 3.05) is 0 Å². The van der Waals surface area contributed by atoms with E-state index in [-0.39, 0.29) is 5.78 Å². The SMILES string of the molecule is CC(=O)c1cc2cc(Cl)c(I)cc2[nH]1. The molecular formula is C10H7ClINO. The first-order valence-corrected chi connectivity index (χ1v) is 5.52. The lowest BCUT2D eigenvalue weighted by molar-refractivity contribution is 0.101. The second-order valence-corrected chi connectivity index (χ2v) is 4.66. The first-order chi connectivity index (χ1) is 6.58. The number of nitrogens with one attached hydrogen (secondary N) is 1. The van der Waals surface area contributed by atoms with Gasteiger partial charge in [-0.05, 0) is 40.8 Å². The van der Waals surface area contributed by atoms with E-state index in [1.54, 1.807) is 0 Å². The number of rotatable bonds is 1. The molecule has 1 aromatic heterocycles. The van der Waals surface area contributed by atoms with Crippen LogP contribution in [0.2, 0.25) is 5.02 Å². The number of halogens is 2. The lowest BCUT2D eigenvalue weighted by atomic mass is 10.2. The number of benzene rings is 1. The highest BCUT2D eigenvalue weighted by atomic mass is 127. The van der Waals surface area contributed by atoms with Crippen molar-refractivity contribution in [2.24, 2.45) is 0 Å². The summed E-state index contributed by atoms with van der Waals surface area (Å²) in [6.07, 6.45) is 0. The Labute approximate surface area is 99.8 Å². The highest BCUT2D eigenvalue weighted by Gasteiger charge is 2.06. The summed E-state index contributed by atoms with van der Waals surface area (Å²) in [5.74, 6) is 0.0346. The van der Waals surface area contributed by atoms with E-state index in [2.05, 4.69) is 27.6 Å². The summed E-state index contributed by atoms with van der Waals surface area (Å²) in [6, 6.07) is 5.62. The van der Waals surface area contributed by atoms with Crippen LogP contribution in [0.25, 0.3) is 10.9 Å². The number of carbonyl (C=O) groups excluding carboxylic acids is 1. The van der Waals surface area contributed by atoms with Gasteiger partial charge in [-0.3, -0.25) is 4.79 Å². The molecule has 0 radical (unpaired) electrons. The van der Waals surface area contributed by atoms with Crippen LogP contribution in [-0.2, 0) is 0 Å². The van der Waals surface area contributed by atoms with Gasteiger partial charge in [0.2, 0.25) is 0 Å². The van der Waals surface area contributed by atoms with Gasteiger partial charge >= 0.3 is 0 Å². The number of ketones is 1. The molecule has 2 aromatic rings. The van der Waals surface area contributed by atoms with Crippen molar-refractivity contribution >= 4 is 50.9 Å². The Bertz CT molecular complexity index is 479. The van der Waals surface area contributed by atoms with Crippen LogP contribution in [0.1, 0.15) is 17.4 Å². The monoisotopic (exact) mass is 319 g/mol. The van der Waals surface area contributed by atoms with E-state index in [1.807, 2.05) is 18.2 Å². The number of fused-ring (bicyclic) bond motifs is 1. The van der Waals surface area contributed by atoms with Gasteiger partial charge in [-0.25, -0.2) is 0 Å². The molecule has 1 heterocycles. The van der Waals surface area contributed by atoms with Crippen molar-refractivity contribution in [2.45, 2.75) is 6.92 Å². The van der Waals surface area contributed by atoms with E-state index in [1.165, 1.54) is 6.92 Å². The Morgan fingerprint density at radius 2 is 2.14 bits per heavy atom. The summed E-state index contributed by atoms with van der Waals surface area (Å²) in [5, 5.41) is 1.69. The van der Waals surface area contributed by atoms with Crippen molar-refractivity contribution in [3.8, 4) is 0 Å². The topological polar surface area (TPSA) is 32.9 Å². The number of aromatic nitrogens is 1. The highest BCUT2D eigenvalue weighted by molar-refractivity contribution is 14.1. The number of hydrogen-bond donors (Lipinski definition) is 1. The minimum atomic E-state index is 0.0346. The molecule has 14 heavy (non-hydrogen) atoms. The van der Waals surface area contributed by atoms with Gasteiger partial charge in [-0.15, -0.1) is 0 Å². The smallest absolute Gasteiger partial charge is 0.175 e. The van der Waals surface area contributed by atoms with Crippen molar-refractivity contribution in [1.29, 1.82) is 0 Å². The number of carbonyl (C=O) groups is 1. The predicted octanol–water partition coefficient (Wildman–Crippen LogP) is 3.63. The normalized spacial score (nSPS) is 10.8. The molecule has 0 fully saturated rings. The van der Waals surface area contributed by atoms with Gasteiger partial charge in [0.25, 0.3) is 0 Å². The third kappa shape index (κ3) is 1.66. The molecule has 72 valence electrons. The lowest BCUT2D eigenvalue weighted by Crippen LogP contribution is -1.89. The van der Waals surface area contributed by atoms with Crippen molar-refractivity contribution in [3.63, 3.8) is 0 Å². The van der Waals surface area contributed by atoms with Gasteiger partial charge in [-0.1, -0.05) is 11.6 Å². The predicted molar refractivity (Wildman–Crippen MR) is 66.0 cm³/mol. The molecule has 0 saturated carbocycles. The lowest BCUT2D eigenvalue weighted by Gasteiger charge is -1.94. The molecule has 0 amide bonds. The molecule has 0 atom stereocenters. The third-order valence-electron chi connectivity index (χ3n) is 2.04. The van der Waals surface area contributed by atoms with Crippen LogP contribution in [0.4, 0.5) is 0 Å². The second-order valence-electron chi connectivity index (χ2n) is 3.09. The van der Waals surface area contributed by atoms with Crippen LogP contribution in [0.3, 0.4) is 0 Å². The summed E-state index contributed by atoms with van der Waals surface area (Å²) in [6.45, 7) is 1.54. The quantitative estimate of drug-likeness (QED) is 0.632. The van der Waals surface area contributed by atoms with Crippen LogP contribution in [-0.4, -0.2) is 10.8 Å². The second kappa shape index (κ2) is 3.55. The Morgan fingerprint density at radius 3 is 2.79 bits per heavy atom. The zero-order chi connectivity index (χ0) is 10.3. The number of Topliss-reactive ketones (excluding diaryl/α,β-unsaturated/α-hetero) is 1. The molecule has 0 unspecified atom stereocenters. The first-order valence-electron chi connectivity index (χ1n) is 4.06. The van der Waals surface area contributed by atoms with Gasteiger partial charge in [0.15, 0.2) is 5.78 Å². The standard InChI is InChI=1S/C10H7ClINO/c1-5(14)9-3-6-2-7(11)8(12)4-10(6)13-9/h2-4,13H,1H3. The van der Waals surface area contributed by atoms with Crippen LogP contribution < -0.4 is 0 Å². The molecule has 1 N–H and O–H groups in total. The van der Waals surface area contributed by atoms with Gasteiger partial charge < -0.3 is 4.98 Å². The average molecular weight is 320 g/mol. The molecule has 0 bridgehead atoms. The Morgan fingerprint density at radius 1 is 1.43 bits per heavy atom. The van der Waals surface area contributed by atoms with Crippen LogP contribution in [0.5, 0.6) is 0 Å². The number of H-pyrrole nitrogens is 1. The minimum absolute atomic E-state index is 0.0346. The van der Waals surface area contributed by atoms with Gasteiger partial charge in [0.05, 0.1) is 10.7 Å². The molecule has 0 aliphatic heterocycles. The summed E-state index contributed by atoms with van der Waals surface area (Å²) in [4.78, 5) is 14.2. The summed E-state index contributed by atoms with van der Waals surface area (Å²) in [7, 11) is 0. The van der Waals surface area contributed by atoms with Crippen LogP contribution in [0, 0.1) is 3.57 Å². The fourth-order valence-corrected chi connectivity index (χ4v) is 1.96. The van der Waals surface area contributed by atoms with Crippen molar-refractivity contribution < 1.29 is 4.79 Å². The molecule has 0 spiro atoms. The Balaban J connectivity index is 2.72. The Hall–Kier alpha value is -0.550. The third-order valence-corrected chi connectivity index (χ3v) is 3.56. The number of hydrogen-bond acceptors (Lipinski definition) is 1. The van der Waals surface area contributed by atoms with Gasteiger partial charge in [0, 0.05) is 21.4 Å². The largest absolute Gasteiger partial charge is 0.352 e. The summed E-state index contributed by atoms with van der Waals surface area (Å²) >= 11 is 8.13. The molecule has 2 nitrogen and oxygen atoms in total. The fourth-order valence-electron chi connectivity index (χ4n) is 1.32. The molecule has 4 heteroatoms. The average Bonchev–Trinajstić information content (AvgIpc) is 2.48. The number of aromatic amines is 1. The van der Waals surface area contributed by atoms with E-state index >= 15 is 0 Å². The maximum absolute atomic E-state index is 11.1. The van der Waals surface area contributed by atoms with Crippen LogP contribution in [0.15, 0.2) is 18.2 Å². The van der Waals surface area contributed by atoms with E-state index in [4.69, 9.17) is 11.6 Å². The zero-order valence-corrected chi connectivity index (χ0v) is 10.3. The maximum atomic E-state index is 11.1.